The second-order valence-electron chi connectivity index (χ2n) is 12.5. The number of amides is 1. The van der Waals surface area contributed by atoms with E-state index in [9.17, 15) is 14.7 Å². The quantitative estimate of drug-likeness (QED) is 0.331. The highest BCUT2D eigenvalue weighted by molar-refractivity contribution is 5.95. The van der Waals surface area contributed by atoms with Gasteiger partial charge in [-0.15, -0.1) is 0 Å². The van der Waals surface area contributed by atoms with Crippen LogP contribution in [0.3, 0.4) is 0 Å². The normalized spacial score (nSPS) is 19.2. The van der Waals surface area contributed by atoms with Gasteiger partial charge >= 0.3 is 5.97 Å². The summed E-state index contributed by atoms with van der Waals surface area (Å²) in [6.45, 7) is 11.7. The Hall–Kier alpha value is -3.71. The number of carboxylic acid groups (broad SMARTS) is 1. The number of aliphatic carboxylic acids is 1. The number of aryl methyl sites for hydroxylation is 2. The third kappa shape index (κ3) is 6.30. The van der Waals surface area contributed by atoms with Crippen LogP contribution in [0.4, 0.5) is 5.69 Å². The topological polar surface area (TPSA) is 91.8 Å². The first kappa shape index (κ1) is 28.8. The molecule has 1 aliphatic heterocycles. The van der Waals surface area contributed by atoms with Crippen molar-refractivity contribution in [1.82, 2.24) is 10.3 Å². The van der Waals surface area contributed by atoms with Crippen LogP contribution < -0.4 is 10.2 Å². The Balaban J connectivity index is 1.55. The number of carbonyl (C=O) groups is 2. The zero-order chi connectivity index (χ0) is 29.3. The fourth-order valence-corrected chi connectivity index (χ4v) is 6.51. The second kappa shape index (κ2) is 11.6. The highest BCUT2D eigenvalue weighted by Crippen LogP contribution is 2.47. The summed E-state index contributed by atoms with van der Waals surface area (Å²) in [7, 11) is 0. The van der Waals surface area contributed by atoms with Gasteiger partial charge in [-0.05, 0) is 82.6 Å². The Bertz CT molecular complexity index is 1400. The summed E-state index contributed by atoms with van der Waals surface area (Å²) >= 11 is 0. The number of carboxylic acids is 1. The number of rotatable bonds is 8. The highest BCUT2D eigenvalue weighted by Gasteiger charge is 2.41. The highest BCUT2D eigenvalue weighted by atomic mass is 16.5. The predicted molar refractivity (Wildman–Crippen MR) is 161 cm³/mol. The molecule has 3 atom stereocenters. The molecule has 5 rings (SSSR count). The molecule has 1 saturated heterocycles. The Morgan fingerprint density at radius 1 is 1.00 bits per heavy atom. The first-order chi connectivity index (χ1) is 19.5. The van der Waals surface area contributed by atoms with E-state index in [4.69, 9.17) is 9.72 Å². The molecule has 2 heterocycles. The number of aromatic nitrogens is 1. The monoisotopic (exact) mass is 555 g/mol. The Labute approximate surface area is 242 Å². The van der Waals surface area contributed by atoms with Crippen LogP contribution in [0.25, 0.3) is 11.1 Å². The molecule has 7 heteroatoms. The maximum atomic E-state index is 12.9. The molecular weight excluding hydrogens is 514 g/mol. The van der Waals surface area contributed by atoms with Crippen LogP contribution in [-0.2, 0) is 16.1 Å². The van der Waals surface area contributed by atoms with E-state index < -0.39 is 17.7 Å². The molecule has 3 aromatic rings. The van der Waals surface area contributed by atoms with Crippen molar-refractivity contribution in [3.8, 4) is 11.1 Å². The van der Waals surface area contributed by atoms with Gasteiger partial charge in [0, 0.05) is 47.7 Å². The fraction of sp³-hybridized carbons (Fsp3) is 0.441. The van der Waals surface area contributed by atoms with Crippen LogP contribution in [0.5, 0.6) is 0 Å². The van der Waals surface area contributed by atoms with Crippen molar-refractivity contribution in [2.75, 3.05) is 18.0 Å². The molecule has 2 N–H and O–H groups in total. The Morgan fingerprint density at radius 3 is 2.22 bits per heavy atom. The molecule has 41 heavy (non-hydrogen) atoms. The third-order valence-corrected chi connectivity index (χ3v) is 8.31. The molecule has 216 valence electrons. The number of anilines is 1. The molecule has 1 aromatic heterocycles. The molecule has 0 spiro atoms. The van der Waals surface area contributed by atoms with Gasteiger partial charge in [0.25, 0.3) is 5.91 Å². The molecule has 0 bridgehead atoms. The number of fused-ring (bicyclic) bond motifs is 1. The number of benzene rings is 2. The van der Waals surface area contributed by atoms with E-state index in [1.165, 1.54) is 19.3 Å². The summed E-state index contributed by atoms with van der Waals surface area (Å²) in [4.78, 5) is 32.8. The number of hydrogen-bond acceptors (Lipinski definition) is 5. The molecule has 2 aromatic carbocycles. The standard InChI is InChI=1S/C34H41N3O4/c1-21-28(24-14-16-25(17-15-24)32(38)35-18-23-10-7-6-8-11-23)30(37-19-26-12-9-13-27(26)20-37)29(22(2)36-21)31(33(39)40)41-34(3,4)5/h6-8,10-11,14-17,26-27,31H,9,12-13,18-20H2,1-5H3,(H,35,38)(H,39,40)/t26?,27?,31-/m0/s1. The van der Waals surface area contributed by atoms with Crippen LogP contribution in [0.15, 0.2) is 54.6 Å². The average Bonchev–Trinajstić information content (AvgIpc) is 3.53. The second-order valence-corrected chi connectivity index (χ2v) is 12.5. The van der Waals surface area contributed by atoms with E-state index in [0.717, 1.165) is 41.2 Å². The van der Waals surface area contributed by atoms with Gasteiger partial charge in [0.15, 0.2) is 6.10 Å². The van der Waals surface area contributed by atoms with E-state index in [0.29, 0.717) is 35.2 Å². The summed E-state index contributed by atoms with van der Waals surface area (Å²) < 4.78 is 6.19. The number of pyridine rings is 1. The van der Waals surface area contributed by atoms with E-state index in [-0.39, 0.29) is 5.91 Å². The maximum Gasteiger partial charge on any atom is 0.337 e. The molecule has 1 amide bonds. The molecule has 2 fully saturated rings. The maximum absolute atomic E-state index is 12.9. The van der Waals surface area contributed by atoms with Gasteiger partial charge in [-0.3, -0.25) is 9.78 Å². The van der Waals surface area contributed by atoms with Crippen LogP contribution in [0.1, 0.15) is 79.0 Å². The number of nitrogens with one attached hydrogen (secondary N) is 1. The molecule has 1 aliphatic carbocycles. The van der Waals surface area contributed by atoms with Crippen LogP contribution in [0.2, 0.25) is 0 Å². The van der Waals surface area contributed by atoms with Crippen molar-refractivity contribution in [3.63, 3.8) is 0 Å². The summed E-state index contributed by atoms with van der Waals surface area (Å²) in [6, 6.07) is 17.4. The van der Waals surface area contributed by atoms with Crippen molar-refractivity contribution < 1.29 is 19.4 Å². The lowest BCUT2D eigenvalue weighted by molar-refractivity contribution is -0.160. The Morgan fingerprint density at radius 2 is 1.63 bits per heavy atom. The average molecular weight is 556 g/mol. The van der Waals surface area contributed by atoms with Gasteiger partial charge in [-0.25, -0.2) is 4.79 Å². The largest absolute Gasteiger partial charge is 0.479 e. The van der Waals surface area contributed by atoms with E-state index >= 15 is 0 Å². The van der Waals surface area contributed by atoms with Crippen LogP contribution in [-0.4, -0.2) is 40.7 Å². The molecule has 0 radical (unpaired) electrons. The smallest absolute Gasteiger partial charge is 0.337 e. The zero-order valence-electron chi connectivity index (χ0n) is 24.7. The first-order valence-electron chi connectivity index (χ1n) is 14.6. The van der Waals surface area contributed by atoms with E-state index in [1.54, 1.807) is 0 Å². The van der Waals surface area contributed by atoms with Gasteiger partial charge < -0.3 is 20.1 Å². The van der Waals surface area contributed by atoms with Gasteiger partial charge in [0.2, 0.25) is 0 Å². The summed E-state index contributed by atoms with van der Waals surface area (Å²) in [5.41, 5.74) is 5.80. The lowest BCUT2D eigenvalue weighted by atomic mass is 9.93. The van der Waals surface area contributed by atoms with Gasteiger partial charge in [-0.2, -0.15) is 0 Å². The summed E-state index contributed by atoms with van der Waals surface area (Å²) in [6.07, 6.45) is 2.53. The third-order valence-electron chi connectivity index (χ3n) is 8.31. The number of ether oxygens (including phenoxy) is 1. The minimum Gasteiger partial charge on any atom is -0.479 e. The van der Waals surface area contributed by atoms with Crippen molar-refractivity contribution in [1.29, 1.82) is 0 Å². The number of hydrogen-bond donors (Lipinski definition) is 2. The van der Waals surface area contributed by atoms with Crippen LogP contribution in [0, 0.1) is 25.7 Å². The SMILES string of the molecule is Cc1nc(C)c([C@H](OC(C)(C)C)C(=O)O)c(N2CC3CCCC3C2)c1-c1ccc(C(=O)NCc2ccccc2)cc1. The molecule has 2 aliphatic rings. The minimum atomic E-state index is -1.15. The number of carbonyl (C=O) groups excluding carboxylic acids is 1. The van der Waals surface area contributed by atoms with Crippen molar-refractivity contribution in [3.05, 3.63) is 82.7 Å². The van der Waals surface area contributed by atoms with Crippen molar-refractivity contribution in [2.45, 2.75) is 72.1 Å². The number of nitrogens with zero attached hydrogens (tertiary/aromatic N) is 2. The van der Waals surface area contributed by atoms with Gasteiger partial charge in [0.1, 0.15) is 0 Å². The summed E-state index contributed by atoms with van der Waals surface area (Å²) in [5.74, 6) is 0.0709. The molecular formula is C34H41N3O4. The first-order valence-corrected chi connectivity index (χ1v) is 14.6. The van der Waals surface area contributed by atoms with Crippen molar-refractivity contribution in [2.24, 2.45) is 11.8 Å². The fourth-order valence-electron chi connectivity index (χ4n) is 6.51. The lowest BCUT2D eigenvalue weighted by Crippen LogP contribution is -2.31. The molecule has 1 saturated carbocycles. The van der Waals surface area contributed by atoms with Gasteiger partial charge in [-0.1, -0.05) is 48.9 Å². The predicted octanol–water partition coefficient (Wildman–Crippen LogP) is 6.47. The molecule has 7 nitrogen and oxygen atoms in total. The van der Waals surface area contributed by atoms with Gasteiger partial charge in [0.05, 0.1) is 11.3 Å². The Kier molecular flexibility index (Phi) is 8.18. The summed E-state index contributed by atoms with van der Waals surface area (Å²) in [5, 5.41) is 13.4. The van der Waals surface area contributed by atoms with Crippen molar-refractivity contribution >= 4 is 17.6 Å². The molecule has 2 unspecified atom stereocenters. The van der Waals surface area contributed by atoms with Crippen LogP contribution >= 0.6 is 0 Å². The lowest BCUT2D eigenvalue weighted by Gasteiger charge is -2.33. The minimum absolute atomic E-state index is 0.142. The zero-order valence-corrected chi connectivity index (χ0v) is 24.7. The van der Waals surface area contributed by atoms with E-state index in [2.05, 4.69) is 10.2 Å². The van der Waals surface area contributed by atoms with E-state index in [1.807, 2.05) is 89.2 Å².